The summed E-state index contributed by atoms with van der Waals surface area (Å²) >= 11 is 0. The van der Waals surface area contributed by atoms with E-state index >= 15 is 0 Å². The molecule has 0 saturated carbocycles. The molecule has 0 radical (unpaired) electrons. The van der Waals surface area contributed by atoms with Gasteiger partial charge in [-0.25, -0.2) is 0 Å². The van der Waals surface area contributed by atoms with Gasteiger partial charge >= 0.3 is 0 Å². The van der Waals surface area contributed by atoms with Gasteiger partial charge in [0.1, 0.15) is 11.5 Å². The molecule has 0 fully saturated rings. The van der Waals surface area contributed by atoms with Crippen molar-refractivity contribution in [2.75, 3.05) is 14.2 Å². The van der Waals surface area contributed by atoms with Gasteiger partial charge in [0, 0.05) is 12.0 Å². The lowest BCUT2D eigenvalue weighted by Crippen LogP contribution is -2.22. The first-order valence-corrected chi connectivity index (χ1v) is 4.58. The van der Waals surface area contributed by atoms with Crippen molar-refractivity contribution in [1.82, 2.24) is 0 Å². The van der Waals surface area contributed by atoms with E-state index in [0.717, 1.165) is 5.56 Å². The van der Waals surface area contributed by atoms with E-state index in [4.69, 9.17) is 9.47 Å². The summed E-state index contributed by atoms with van der Waals surface area (Å²) in [6.07, 6.45) is 0.387. The average molecular weight is 209 g/mol. The summed E-state index contributed by atoms with van der Waals surface area (Å²) in [6.45, 7) is 0. The molecule has 0 N–H and O–H groups in total. The van der Waals surface area contributed by atoms with Gasteiger partial charge in [-0.1, -0.05) is 6.07 Å². The minimum atomic E-state index is -1.06. The molecule has 4 nitrogen and oxygen atoms in total. The highest BCUT2D eigenvalue weighted by Gasteiger charge is 2.04. The number of benzene rings is 1. The smallest absolute Gasteiger partial charge is 0.125 e. The fourth-order valence-corrected chi connectivity index (χ4v) is 1.30. The van der Waals surface area contributed by atoms with Crippen molar-refractivity contribution in [2.24, 2.45) is 0 Å². The van der Waals surface area contributed by atoms with E-state index < -0.39 is 5.97 Å². The standard InChI is InChI=1S/C11H14O4/c1-14-9-5-3-8(4-6-11(12)13)10(7-9)15-2/h3,5,7H,4,6H2,1-2H3,(H,12,13)/p-1. The Labute approximate surface area is 88.4 Å². The molecule has 0 aliphatic rings. The molecule has 0 heterocycles. The summed E-state index contributed by atoms with van der Waals surface area (Å²) in [4.78, 5) is 10.3. The van der Waals surface area contributed by atoms with Gasteiger partial charge in [0.15, 0.2) is 0 Å². The van der Waals surface area contributed by atoms with Crippen molar-refractivity contribution >= 4 is 5.97 Å². The van der Waals surface area contributed by atoms with E-state index in [2.05, 4.69) is 0 Å². The third-order valence-corrected chi connectivity index (χ3v) is 2.09. The first-order chi connectivity index (χ1) is 7.17. The first kappa shape index (κ1) is 11.4. The summed E-state index contributed by atoms with van der Waals surface area (Å²) < 4.78 is 10.2. The van der Waals surface area contributed by atoms with Gasteiger partial charge in [-0.3, -0.25) is 0 Å². The number of rotatable bonds is 5. The highest BCUT2D eigenvalue weighted by atomic mass is 16.5. The van der Waals surface area contributed by atoms with Gasteiger partial charge in [0.25, 0.3) is 0 Å². The second kappa shape index (κ2) is 5.24. The molecule has 1 aromatic rings. The highest BCUT2D eigenvalue weighted by molar-refractivity contribution is 5.64. The molecule has 0 aromatic heterocycles. The molecule has 82 valence electrons. The maximum absolute atomic E-state index is 10.3. The fourth-order valence-electron chi connectivity index (χ4n) is 1.30. The van der Waals surface area contributed by atoms with Crippen LogP contribution in [-0.4, -0.2) is 20.2 Å². The molecule has 1 aromatic carbocycles. The molecular formula is C11H13O4-. The van der Waals surface area contributed by atoms with Gasteiger partial charge in [-0.15, -0.1) is 0 Å². The fraction of sp³-hybridized carbons (Fsp3) is 0.364. The van der Waals surface area contributed by atoms with Crippen LogP contribution in [-0.2, 0) is 11.2 Å². The third-order valence-electron chi connectivity index (χ3n) is 2.09. The van der Waals surface area contributed by atoms with Crippen molar-refractivity contribution in [3.8, 4) is 11.5 Å². The van der Waals surface area contributed by atoms with Crippen molar-refractivity contribution in [3.63, 3.8) is 0 Å². The molecule has 0 spiro atoms. The summed E-state index contributed by atoms with van der Waals surface area (Å²) in [5, 5.41) is 10.3. The first-order valence-electron chi connectivity index (χ1n) is 4.58. The number of ether oxygens (including phenoxy) is 2. The normalized spacial score (nSPS) is 9.73. The van der Waals surface area contributed by atoms with Crippen LogP contribution in [0.3, 0.4) is 0 Å². The van der Waals surface area contributed by atoms with E-state index in [0.29, 0.717) is 17.9 Å². The quantitative estimate of drug-likeness (QED) is 0.703. The number of methoxy groups -OCH3 is 2. The Morgan fingerprint density at radius 3 is 2.60 bits per heavy atom. The monoisotopic (exact) mass is 209 g/mol. The maximum Gasteiger partial charge on any atom is 0.125 e. The Bertz CT molecular complexity index is 346. The number of hydrogen-bond acceptors (Lipinski definition) is 4. The minimum Gasteiger partial charge on any atom is -0.550 e. The second-order valence-corrected chi connectivity index (χ2v) is 3.05. The Hall–Kier alpha value is -1.71. The lowest BCUT2D eigenvalue weighted by Gasteiger charge is -2.10. The molecule has 15 heavy (non-hydrogen) atoms. The van der Waals surface area contributed by atoms with E-state index in [1.54, 1.807) is 25.3 Å². The number of carboxylic acids is 1. The number of carbonyl (C=O) groups is 1. The molecule has 0 unspecified atom stereocenters. The zero-order valence-electron chi connectivity index (χ0n) is 8.78. The molecule has 0 amide bonds. The summed E-state index contributed by atoms with van der Waals surface area (Å²) in [5.74, 6) is 0.257. The van der Waals surface area contributed by atoms with Gasteiger partial charge in [0.2, 0.25) is 0 Å². The van der Waals surface area contributed by atoms with Crippen LogP contribution in [0.2, 0.25) is 0 Å². The Kier molecular flexibility index (Phi) is 3.97. The van der Waals surface area contributed by atoms with Crippen LogP contribution in [0.5, 0.6) is 11.5 Å². The van der Waals surface area contributed by atoms with E-state index in [1.807, 2.05) is 0 Å². The van der Waals surface area contributed by atoms with Crippen LogP contribution in [0.25, 0.3) is 0 Å². The van der Waals surface area contributed by atoms with Gasteiger partial charge in [-0.05, 0) is 24.5 Å². The topological polar surface area (TPSA) is 58.6 Å². The molecule has 0 atom stereocenters. The molecule has 4 heteroatoms. The van der Waals surface area contributed by atoms with Crippen molar-refractivity contribution in [3.05, 3.63) is 23.8 Å². The molecule has 0 bridgehead atoms. The lowest BCUT2D eigenvalue weighted by atomic mass is 10.1. The predicted octanol–water partition coefficient (Wildman–Crippen LogP) is 0.386. The maximum atomic E-state index is 10.3. The zero-order chi connectivity index (χ0) is 11.3. The summed E-state index contributed by atoms with van der Waals surface area (Å²) in [5.41, 5.74) is 0.836. The SMILES string of the molecule is COc1ccc(CCC(=O)[O-])c(OC)c1. The molecule has 0 saturated heterocycles. The van der Waals surface area contributed by atoms with Crippen LogP contribution in [0.1, 0.15) is 12.0 Å². The summed E-state index contributed by atoms with van der Waals surface area (Å²) in [7, 11) is 3.10. The third kappa shape index (κ3) is 3.16. The zero-order valence-corrected chi connectivity index (χ0v) is 8.78. The number of carboxylic acid groups (broad SMARTS) is 1. The molecule has 0 aliphatic heterocycles. The molecule has 1 rings (SSSR count). The minimum absolute atomic E-state index is 0.0112. The second-order valence-electron chi connectivity index (χ2n) is 3.05. The molecular weight excluding hydrogens is 196 g/mol. The van der Waals surface area contributed by atoms with Crippen LogP contribution in [0, 0.1) is 0 Å². The predicted molar refractivity (Wildman–Crippen MR) is 52.9 cm³/mol. The van der Waals surface area contributed by atoms with Crippen molar-refractivity contribution in [2.45, 2.75) is 12.8 Å². The van der Waals surface area contributed by atoms with E-state index in [1.165, 1.54) is 7.11 Å². The van der Waals surface area contributed by atoms with Gasteiger partial charge in [0.05, 0.1) is 14.2 Å². The number of aliphatic carboxylic acids is 1. The van der Waals surface area contributed by atoms with Gasteiger partial charge in [-0.2, -0.15) is 0 Å². The average Bonchev–Trinajstić information content (AvgIpc) is 2.25. The lowest BCUT2D eigenvalue weighted by molar-refractivity contribution is -0.305. The summed E-state index contributed by atoms with van der Waals surface area (Å²) in [6, 6.07) is 5.29. The highest BCUT2D eigenvalue weighted by Crippen LogP contribution is 2.25. The number of carbonyl (C=O) groups excluding carboxylic acids is 1. The van der Waals surface area contributed by atoms with E-state index in [-0.39, 0.29) is 6.42 Å². The van der Waals surface area contributed by atoms with Crippen LogP contribution >= 0.6 is 0 Å². The van der Waals surface area contributed by atoms with Gasteiger partial charge < -0.3 is 19.4 Å². The Morgan fingerprint density at radius 1 is 1.33 bits per heavy atom. The van der Waals surface area contributed by atoms with Crippen LogP contribution in [0.15, 0.2) is 18.2 Å². The van der Waals surface area contributed by atoms with Crippen molar-refractivity contribution in [1.29, 1.82) is 0 Å². The number of hydrogen-bond donors (Lipinski definition) is 0. The van der Waals surface area contributed by atoms with Crippen LogP contribution < -0.4 is 14.6 Å². The van der Waals surface area contributed by atoms with Crippen molar-refractivity contribution < 1.29 is 19.4 Å². The van der Waals surface area contributed by atoms with Crippen LogP contribution in [0.4, 0.5) is 0 Å². The Morgan fingerprint density at radius 2 is 2.07 bits per heavy atom. The largest absolute Gasteiger partial charge is 0.550 e. The molecule has 0 aliphatic carbocycles. The Balaban J connectivity index is 2.82. The number of aryl methyl sites for hydroxylation is 1. The van der Waals surface area contributed by atoms with E-state index in [9.17, 15) is 9.90 Å².